The molecule has 3 heterocycles. The number of halogens is 1. The minimum atomic E-state index is -1.14. The average Bonchev–Trinajstić information content (AvgIpc) is 3.20. The highest BCUT2D eigenvalue weighted by atomic mass is 19.1. The van der Waals surface area contributed by atoms with Gasteiger partial charge in [0, 0.05) is 33.8 Å². The largest absolute Gasteiger partial charge is 0.464 e. The molecular formula is C24H23FN4O3. The average molecular weight is 434 g/mol. The number of para-hydroxylation sites is 1. The van der Waals surface area contributed by atoms with Gasteiger partial charge in [0.05, 0.1) is 11.4 Å². The summed E-state index contributed by atoms with van der Waals surface area (Å²) in [5.41, 5.74) is 8.89. The van der Waals surface area contributed by atoms with E-state index < -0.39 is 23.6 Å². The third-order valence-corrected chi connectivity index (χ3v) is 5.99. The summed E-state index contributed by atoms with van der Waals surface area (Å²) in [5.74, 6) is -0.973. The number of nitrogens with zero attached hydrogens (tertiary/aromatic N) is 3. The number of alkyl halides is 1. The number of imidazole rings is 1. The lowest BCUT2D eigenvalue weighted by molar-refractivity contribution is 0.0952. The number of carbonyl (C=O) groups excluding carboxylic acids is 1. The molecule has 2 atom stereocenters. The number of carboxylic acid groups (broad SMARTS) is 1. The van der Waals surface area contributed by atoms with Gasteiger partial charge in [0.1, 0.15) is 17.5 Å². The van der Waals surface area contributed by atoms with Gasteiger partial charge in [0.15, 0.2) is 11.6 Å². The van der Waals surface area contributed by atoms with Crippen LogP contribution in [0, 0.1) is 5.92 Å². The Morgan fingerprint density at radius 1 is 1.19 bits per heavy atom. The predicted octanol–water partition coefficient (Wildman–Crippen LogP) is 4.90. The van der Waals surface area contributed by atoms with Crippen molar-refractivity contribution >= 4 is 34.2 Å². The number of anilines is 1. The number of Topliss-reactive ketones (excluding diaryl/α,β-unsaturated/α-hetero) is 1. The van der Waals surface area contributed by atoms with Gasteiger partial charge in [-0.1, -0.05) is 39.0 Å². The Kier molecular flexibility index (Phi) is 4.21. The fourth-order valence-electron chi connectivity index (χ4n) is 4.51. The Balaban J connectivity index is 1.82. The number of pyridine rings is 1. The number of carbonyl (C=O) groups is 2. The number of fused-ring (bicyclic) bond motifs is 2. The van der Waals surface area contributed by atoms with Crippen LogP contribution in [-0.4, -0.2) is 37.1 Å². The standard InChI is InChI=1S/C24H23FN4O3/c1-24(2,3)21-18(13-6-4-5-7-16(13)29(21)23(31)32)12-8-9-17-27-22(26)19(28(17)11-12)20(30)14-10-15(14)25/h4-9,11,14-15H,10,26H2,1-3H3,(H,31,32)/t14-,15+/m1/s1. The van der Waals surface area contributed by atoms with Crippen LogP contribution in [0.3, 0.4) is 0 Å². The monoisotopic (exact) mass is 434 g/mol. The SMILES string of the molecule is CC(C)(C)c1c(-c2ccc3nc(N)c(C(=O)[C@@H]4C[C@@H]4F)n3c2)c2ccccc2n1C(=O)O. The van der Waals surface area contributed by atoms with Gasteiger partial charge in [-0.15, -0.1) is 0 Å². The van der Waals surface area contributed by atoms with E-state index in [4.69, 9.17) is 5.73 Å². The predicted molar refractivity (Wildman–Crippen MR) is 120 cm³/mol. The molecular weight excluding hydrogens is 411 g/mol. The number of hydrogen-bond donors (Lipinski definition) is 2. The molecule has 0 spiro atoms. The second-order valence-corrected chi connectivity index (χ2v) is 9.32. The van der Waals surface area contributed by atoms with Crippen molar-refractivity contribution in [1.29, 1.82) is 0 Å². The highest BCUT2D eigenvalue weighted by Gasteiger charge is 2.45. The van der Waals surface area contributed by atoms with Gasteiger partial charge in [-0.2, -0.15) is 0 Å². The van der Waals surface area contributed by atoms with Gasteiger partial charge in [-0.05, 0) is 24.6 Å². The van der Waals surface area contributed by atoms with Crippen molar-refractivity contribution in [3.63, 3.8) is 0 Å². The maximum atomic E-state index is 13.6. The second kappa shape index (κ2) is 6.66. The maximum Gasteiger partial charge on any atom is 0.416 e. The van der Waals surface area contributed by atoms with E-state index in [-0.39, 0.29) is 23.7 Å². The normalized spacial score (nSPS) is 18.4. The van der Waals surface area contributed by atoms with E-state index in [1.807, 2.05) is 39.0 Å². The molecule has 3 aromatic heterocycles. The molecule has 32 heavy (non-hydrogen) atoms. The number of ketones is 1. The van der Waals surface area contributed by atoms with Gasteiger partial charge >= 0.3 is 6.09 Å². The topological polar surface area (TPSA) is 103 Å². The number of nitrogens with two attached hydrogens (primary N) is 1. The van der Waals surface area contributed by atoms with Crippen LogP contribution in [0.15, 0.2) is 42.6 Å². The number of aromatic nitrogens is 3. The zero-order valence-corrected chi connectivity index (χ0v) is 18.0. The molecule has 0 radical (unpaired) electrons. The van der Waals surface area contributed by atoms with Crippen LogP contribution >= 0.6 is 0 Å². The van der Waals surface area contributed by atoms with Gasteiger partial charge in [-0.3, -0.25) is 9.20 Å². The number of hydrogen-bond acceptors (Lipinski definition) is 4. The van der Waals surface area contributed by atoms with E-state index in [2.05, 4.69) is 4.98 Å². The van der Waals surface area contributed by atoms with Crippen LogP contribution in [0.4, 0.5) is 15.0 Å². The van der Waals surface area contributed by atoms with E-state index in [9.17, 15) is 19.1 Å². The summed E-state index contributed by atoms with van der Waals surface area (Å²) in [4.78, 5) is 29.3. The first kappa shape index (κ1) is 20.2. The van der Waals surface area contributed by atoms with Gasteiger partial charge in [0.2, 0.25) is 0 Å². The van der Waals surface area contributed by atoms with Gasteiger partial charge < -0.3 is 10.8 Å². The fraction of sp³-hybridized carbons (Fsp3) is 0.292. The van der Waals surface area contributed by atoms with Gasteiger partial charge in [-0.25, -0.2) is 18.7 Å². The summed E-state index contributed by atoms with van der Waals surface area (Å²) in [6.07, 6.45) is -0.267. The Labute approximate surface area is 183 Å². The summed E-state index contributed by atoms with van der Waals surface area (Å²) >= 11 is 0. The third kappa shape index (κ3) is 2.90. The lowest BCUT2D eigenvalue weighted by Crippen LogP contribution is -2.22. The minimum absolute atomic E-state index is 0.0651. The molecule has 3 N–H and O–H groups in total. The van der Waals surface area contributed by atoms with Gasteiger partial charge in [0.25, 0.3) is 0 Å². The van der Waals surface area contributed by atoms with E-state index in [0.717, 1.165) is 16.5 Å². The van der Waals surface area contributed by atoms with Crippen LogP contribution in [0.5, 0.6) is 0 Å². The van der Waals surface area contributed by atoms with Crippen molar-refractivity contribution < 1.29 is 19.1 Å². The summed E-state index contributed by atoms with van der Waals surface area (Å²) < 4.78 is 16.5. The molecule has 4 aromatic rings. The molecule has 0 aliphatic heterocycles. The zero-order valence-electron chi connectivity index (χ0n) is 18.0. The Morgan fingerprint density at radius 2 is 1.88 bits per heavy atom. The second-order valence-electron chi connectivity index (χ2n) is 9.32. The van der Waals surface area contributed by atoms with E-state index in [1.165, 1.54) is 4.57 Å². The molecule has 0 bridgehead atoms. The Morgan fingerprint density at radius 3 is 2.50 bits per heavy atom. The van der Waals surface area contributed by atoms with E-state index in [0.29, 0.717) is 16.9 Å². The fourth-order valence-corrected chi connectivity index (χ4v) is 4.51. The Hall–Kier alpha value is -3.68. The lowest BCUT2D eigenvalue weighted by atomic mass is 9.86. The highest BCUT2D eigenvalue weighted by Crippen LogP contribution is 2.42. The number of nitrogen functional groups attached to an aromatic ring is 1. The highest BCUT2D eigenvalue weighted by molar-refractivity contribution is 6.05. The molecule has 0 amide bonds. The molecule has 1 aromatic carbocycles. The number of rotatable bonds is 3. The zero-order chi connectivity index (χ0) is 22.9. The first-order chi connectivity index (χ1) is 15.1. The van der Waals surface area contributed by atoms with E-state index in [1.54, 1.807) is 28.8 Å². The maximum absolute atomic E-state index is 13.6. The quantitative estimate of drug-likeness (QED) is 0.446. The molecule has 1 aliphatic carbocycles. The minimum Gasteiger partial charge on any atom is -0.464 e. The van der Waals surface area contributed by atoms with Crippen molar-refractivity contribution in [2.24, 2.45) is 5.92 Å². The first-order valence-electron chi connectivity index (χ1n) is 10.4. The lowest BCUT2D eigenvalue weighted by Gasteiger charge is -2.22. The molecule has 1 saturated carbocycles. The van der Waals surface area contributed by atoms with Crippen LogP contribution in [-0.2, 0) is 5.41 Å². The molecule has 1 aliphatic rings. The first-order valence-corrected chi connectivity index (χ1v) is 10.4. The summed E-state index contributed by atoms with van der Waals surface area (Å²) in [6.45, 7) is 5.88. The molecule has 5 rings (SSSR count). The molecule has 164 valence electrons. The van der Waals surface area contributed by atoms with Crippen molar-refractivity contribution in [2.45, 2.75) is 38.8 Å². The van der Waals surface area contributed by atoms with Crippen LogP contribution in [0.2, 0.25) is 0 Å². The van der Waals surface area contributed by atoms with E-state index >= 15 is 0 Å². The Bertz CT molecular complexity index is 1430. The molecule has 0 saturated heterocycles. The van der Waals surface area contributed by atoms with Crippen molar-refractivity contribution in [1.82, 2.24) is 14.0 Å². The van der Waals surface area contributed by atoms with Crippen molar-refractivity contribution in [2.75, 3.05) is 5.73 Å². The molecule has 7 nitrogen and oxygen atoms in total. The van der Waals surface area contributed by atoms with Crippen molar-refractivity contribution in [3.8, 4) is 11.1 Å². The van der Waals surface area contributed by atoms with Crippen molar-refractivity contribution in [3.05, 3.63) is 54.0 Å². The van der Waals surface area contributed by atoms with Crippen LogP contribution in [0.1, 0.15) is 43.4 Å². The molecule has 0 unspecified atom stereocenters. The third-order valence-electron chi connectivity index (χ3n) is 5.99. The summed E-state index contributed by atoms with van der Waals surface area (Å²) in [6, 6.07) is 10.9. The van der Waals surface area contributed by atoms with Crippen LogP contribution < -0.4 is 5.73 Å². The summed E-state index contributed by atoms with van der Waals surface area (Å²) in [7, 11) is 0. The molecule has 8 heteroatoms. The number of benzene rings is 1. The van der Waals surface area contributed by atoms with Crippen LogP contribution in [0.25, 0.3) is 27.7 Å². The smallest absolute Gasteiger partial charge is 0.416 e. The summed E-state index contributed by atoms with van der Waals surface area (Å²) in [5, 5.41) is 10.8. The molecule has 1 fully saturated rings.